The molecule has 0 aliphatic rings. The lowest BCUT2D eigenvalue weighted by molar-refractivity contribution is -0.125. The molecule has 0 unspecified atom stereocenters. The second-order valence-corrected chi connectivity index (χ2v) is 5.71. The average molecular weight is 364 g/mol. The third kappa shape index (κ3) is 6.36. The van der Waals surface area contributed by atoms with Gasteiger partial charge >= 0.3 is 0 Å². The first-order chi connectivity index (χ1) is 13.3. The number of benzene rings is 2. The van der Waals surface area contributed by atoms with Crippen LogP contribution in [0, 0.1) is 0 Å². The molecule has 0 saturated heterocycles. The molecule has 6 nitrogen and oxygen atoms in total. The van der Waals surface area contributed by atoms with E-state index in [1.54, 1.807) is 24.6 Å². The zero-order valence-electron chi connectivity index (χ0n) is 14.7. The molecular formula is C21H20N2O4. The Balaban J connectivity index is 1.36. The van der Waals surface area contributed by atoms with Gasteiger partial charge < -0.3 is 19.3 Å². The number of carbonyl (C=O) groups excluding carboxylic acids is 1. The fourth-order valence-electron chi connectivity index (χ4n) is 2.23. The Morgan fingerprint density at radius 1 is 1.04 bits per heavy atom. The van der Waals surface area contributed by atoms with Gasteiger partial charge in [-0.05, 0) is 47.5 Å². The molecule has 138 valence electrons. The predicted molar refractivity (Wildman–Crippen MR) is 101 cm³/mol. The summed E-state index contributed by atoms with van der Waals surface area (Å²) in [7, 11) is 0. The van der Waals surface area contributed by atoms with Gasteiger partial charge in [0, 0.05) is 0 Å². The van der Waals surface area contributed by atoms with Gasteiger partial charge in [0.15, 0.2) is 6.61 Å². The SMILES string of the molecule is O=C(CO/N=C/c1ccc(OCc2ccccc2)cc1)NCc1ccco1. The number of nitrogens with zero attached hydrogens (tertiary/aromatic N) is 1. The van der Waals surface area contributed by atoms with Gasteiger partial charge in [-0.2, -0.15) is 0 Å². The van der Waals surface area contributed by atoms with Gasteiger partial charge in [0.05, 0.1) is 19.0 Å². The van der Waals surface area contributed by atoms with E-state index in [2.05, 4.69) is 10.5 Å². The molecule has 0 aliphatic carbocycles. The van der Waals surface area contributed by atoms with E-state index in [1.807, 2.05) is 54.6 Å². The van der Waals surface area contributed by atoms with E-state index in [9.17, 15) is 4.79 Å². The lowest BCUT2D eigenvalue weighted by Gasteiger charge is -2.06. The molecule has 0 saturated carbocycles. The normalized spacial score (nSPS) is 10.7. The summed E-state index contributed by atoms with van der Waals surface area (Å²) in [5.41, 5.74) is 1.96. The molecule has 1 amide bonds. The molecule has 0 fully saturated rings. The second-order valence-electron chi connectivity index (χ2n) is 5.71. The van der Waals surface area contributed by atoms with Crippen molar-refractivity contribution in [2.45, 2.75) is 13.2 Å². The topological polar surface area (TPSA) is 73.1 Å². The van der Waals surface area contributed by atoms with Gasteiger partial charge in [-0.25, -0.2) is 0 Å². The number of hydrogen-bond acceptors (Lipinski definition) is 5. The first kappa shape index (κ1) is 18.3. The van der Waals surface area contributed by atoms with E-state index in [0.29, 0.717) is 18.9 Å². The van der Waals surface area contributed by atoms with Crippen LogP contribution in [0.5, 0.6) is 5.75 Å². The van der Waals surface area contributed by atoms with Crippen LogP contribution >= 0.6 is 0 Å². The lowest BCUT2D eigenvalue weighted by atomic mass is 10.2. The summed E-state index contributed by atoms with van der Waals surface area (Å²) in [6.07, 6.45) is 3.10. The summed E-state index contributed by atoms with van der Waals surface area (Å²) in [4.78, 5) is 16.6. The highest BCUT2D eigenvalue weighted by Crippen LogP contribution is 2.13. The second kappa shape index (κ2) is 9.82. The smallest absolute Gasteiger partial charge is 0.261 e. The fourth-order valence-corrected chi connectivity index (χ4v) is 2.23. The predicted octanol–water partition coefficient (Wildman–Crippen LogP) is 3.53. The van der Waals surface area contributed by atoms with E-state index in [-0.39, 0.29) is 12.5 Å². The maximum Gasteiger partial charge on any atom is 0.261 e. The maximum absolute atomic E-state index is 11.6. The number of ether oxygens (including phenoxy) is 1. The molecule has 27 heavy (non-hydrogen) atoms. The van der Waals surface area contributed by atoms with Crippen molar-refractivity contribution in [1.29, 1.82) is 0 Å². The fraction of sp³-hybridized carbons (Fsp3) is 0.143. The monoisotopic (exact) mass is 364 g/mol. The molecule has 0 bridgehead atoms. The van der Waals surface area contributed by atoms with Crippen molar-refractivity contribution in [2.75, 3.05) is 6.61 Å². The molecule has 1 N–H and O–H groups in total. The van der Waals surface area contributed by atoms with Crippen LogP contribution < -0.4 is 10.1 Å². The van der Waals surface area contributed by atoms with E-state index < -0.39 is 0 Å². The van der Waals surface area contributed by atoms with Crippen molar-refractivity contribution in [3.05, 3.63) is 89.9 Å². The highest BCUT2D eigenvalue weighted by molar-refractivity contribution is 5.80. The van der Waals surface area contributed by atoms with Crippen molar-refractivity contribution in [3.8, 4) is 5.75 Å². The average Bonchev–Trinajstić information content (AvgIpc) is 3.23. The number of oxime groups is 1. The van der Waals surface area contributed by atoms with E-state index in [1.165, 1.54) is 0 Å². The summed E-state index contributed by atoms with van der Waals surface area (Å²) >= 11 is 0. The van der Waals surface area contributed by atoms with Crippen LogP contribution in [-0.4, -0.2) is 18.7 Å². The zero-order valence-corrected chi connectivity index (χ0v) is 14.7. The minimum absolute atomic E-state index is 0.157. The zero-order chi connectivity index (χ0) is 18.7. The number of hydrogen-bond donors (Lipinski definition) is 1. The van der Waals surface area contributed by atoms with Crippen LogP contribution in [0.25, 0.3) is 0 Å². The summed E-state index contributed by atoms with van der Waals surface area (Å²) in [6, 6.07) is 21.0. The summed E-state index contributed by atoms with van der Waals surface area (Å²) in [6.45, 7) is 0.684. The molecule has 3 aromatic rings. The third-order valence-corrected chi connectivity index (χ3v) is 3.64. The number of nitrogens with one attached hydrogen (secondary N) is 1. The Labute approximate surface area is 157 Å². The Morgan fingerprint density at radius 3 is 2.59 bits per heavy atom. The van der Waals surface area contributed by atoms with Crippen LogP contribution in [0.1, 0.15) is 16.9 Å². The largest absolute Gasteiger partial charge is 0.489 e. The molecule has 0 aliphatic heterocycles. The Hall–Kier alpha value is -3.54. The molecule has 0 radical (unpaired) electrons. The van der Waals surface area contributed by atoms with Gasteiger partial charge in [0.2, 0.25) is 0 Å². The molecule has 0 spiro atoms. The molecule has 6 heteroatoms. The Bertz CT molecular complexity index is 844. The van der Waals surface area contributed by atoms with Gasteiger partial charge in [-0.15, -0.1) is 0 Å². The van der Waals surface area contributed by atoms with Gasteiger partial charge in [0.1, 0.15) is 18.1 Å². The van der Waals surface area contributed by atoms with E-state index in [4.69, 9.17) is 14.0 Å². The minimum Gasteiger partial charge on any atom is -0.489 e. The standard InChI is InChI=1S/C21H20N2O4/c24-21(22-14-20-7-4-12-25-20)16-27-23-13-17-8-10-19(11-9-17)26-15-18-5-2-1-3-6-18/h1-13H,14-16H2,(H,22,24)/b23-13+. The number of carbonyl (C=O) groups is 1. The summed E-state index contributed by atoms with van der Waals surface area (Å²) in [5, 5.41) is 6.47. The first-order valence-corrected chi connectivity index (χ1v) is 8.51. The molecule has 2 aromatic carbocycles. The number of furan rings is 1. The first-order valence-electron chi connectivity index (χ1n) is 8.51. The molecular weight excluding hydrogens is 344 g/mol. The van der Waals surface area contributed by atoms with Crippen molar-refractivity contribution >= 4 is 12.1 Å². The summed E-state index contributed by atoms with van der Waals surface area (Å²) in [5.74, 6) is 1.18. The van der Waals surface area contributed by atoms with Crippen molar-refractivity contribution < 1.29 is 18.8 Å². The highest BCUT2D eigenvalue weighted by atomic mass is 16.6. The van der Waals surface area contributed by atoms with Gasteiger partial charge in [-0.3, -0.25) is 4.79 Å². The quantitative estimate of drug-likeness (QED) is 0.466. The summed E-state index contributed by atoms with van der Waals surface area (Å²) < 4.78 is 10.8. The molecule has 1 aromatic heterocycles. The van der Waals surface area contributed by atoms with Crippen LogP contribution in [0.2, 0.25) is 0 Å². The Kier molecular flexibility index (Phi) is 6.64. The molecule has 3 rings (SSSR count). The van der Waals surface area contributed by atoms with Crippen molar-refractivity contribution in [2.24, 2.45) is 5.16 Å². The highest BCUT2D eigenvalue weighted by Gasteiger charge is 2.02. The van der Waals surface area contributed by atoms with Crippen LogP contribution in [0.15, 0.2) is 82.6 Å². The van der Waals surface area contributed by atoms with Gasteiger partial charge in [-0.1, -0.05) is 35.5 Å². The van der Waals surface area contributed by atoms with E-state index in [0.717, 1.165) is 16.9 Å². The third-order valence-electron chi connectivity index (χ3n) is 3.64. The van der Waals surface area contributed by atoms with Crippen LogP contribution in [0.4, 0.5) is 0 Å². The molecule has 1 heterocycles. The van der Waals surface area contributed by atoms with E-state index >= 15 is 0 Å². The lowest BCUT2D eigenvalue weighted by Crippen LogP contribution is -2.26. The number of rotatable bonds is 9. The van der Waals surface area contributed by atoms with Crippen molar-refractivity contribution in [3.63, 3.8) is 0 Å². The Morgan fingerprint density at radius 2 is 1.85 bits per heavy atom. The molecule has 0 atom stereocenters. The number of amides is 1. The minimum atomic E-state index is -0.270. The van der Waals surface area contributed by atoms with Gasteiger partial charge in [0.25, 0.3) is 5.91 Å². The van der Waals surface area contributed by atoms with Crippen LogP contribution in [0.3, 0.4) is 0 Å². The van der Waals surface area contributed by atoms with Crippen molar-refractivity contribution in [1.82, 2.24) is 5.32 Å². The van der Waals surface area contributed by atoms with Crippen LogP contribution in [-0.2, 0) is 22.8 Å². The maximum atomic E-state index is 11.6.